The molecular weight excluding hydrogens is 1200 g/mol. The normalized spacial score (nSPS) is 27.3. The van der Waals surface area contributed by atoms with Crippen LogP contribution >= 0.6 is 0 Å². The Kier molecular flexibility index (Phi) is 53.1. The molecule has 3 saturated heterocycles. The summed E-state index contributed by atoms with van der Waals surface area (Å²) in [4.78, 5) is 13.5. The molecule has 0 spiro atoms. The van der Waals surface area contributed by atoms with Crippen LogP contribution in [0.5, 0.6) is 0 Å². The molecule has 3 heterocycles. The van der Waals surface area contributed by atoms with Crippen LogP contribution in [-0.2, 0) is 33.2 Å². The van der Waals surface area contributed by atoms with E-state index in [2.05, 4.69) is 19.2 Å². The van der Waals surface area contributed by atoms with Crippen LogP contribution < -0.4 is 5.32 Å². The van der Waals surface area contributed by atoms with Crippen LogP contribution in [-0.4, -0.2) is 193 Å². The highest BCUT2D eigenvalue weighted by Gasteiger charge is 2.54. The Bertz CT molecular complexity index is 1700. The van der Waals surface area contributed by atoms with Gasteiger partial charge in [0.15, 0.2) is 18.9 Å². The second-order valence-electron chi connectivity index (χ2n) is 28.5. The molecule has 3 aliphatic heterocycles. The summed E-state index contributed by atoms with van der Waals surface area (Å²) in [5.41, 5.74) is 0. The van der Waals surface area contributed by atoms with Gasteiger partial charge in [-0.25, -0.2) is 0 Å². The van der Waals surface area contributed by atoms with Gasteiger partial charge in [0.05, 0.1) is 38.6 Å². The van der Waals surface area contributed by atoms with Crippen molar-refractivity contribution in [1.82, 2.24) is 5.32 Å². The maximum Gasteiger partial charge on any atom is 0.220 e. The smallest absolute Gasteiger partial charge is 0.220 e. The van der Waals surface area contributed by atoms with Crippen molar-refractivity contribution in [3.63, 3.8) is 0 Å². The summed E-state index contributed by atoms with van der Waals surface area (Å²) in [6.07, 6.45) is 37.6. The Morgan fingerprint density at radius 1 is 0.340 bits per heavy atom. The maximum absolute atomic E-state index is 13.5. The van der Waals surface area contributed by atoms with E-state index in [0.29, 0.717) is 12.8 Å². The van der Waals surface area contributed by atoms with Crippen LogP contribution in [0.2, 0.25) is 0 Å². The first-order valence-electron chi connectivity index (χ1n) is 39.3. The van der Waals surface area contributed by atoms with Gasteiger partial charge in [0, 0.05) is 6.42 Å². The highest BCUT2D eigenvalue weighted by molar-refractivity contribution is 5.76. The van der Waals surface area contributed by atoms with E-state index >= 15 is 0 Å². The molecule has 0 aromatic rings. The molecule has 558 valence electrons. The van der Waals surface area contributed by atoms with E-state index in [1.165, 1.54) is 263 Å². The molecule has 0 radical (unpaired) electrons. The SMILES string of the molecule is CCCCCCCCCCCCCCCCCCCCCCCCCCCCC(=O)NC(COC1OC(CO)C(OC2OC(CO)C(OC3OC(CO)C(O)C(O)C3O)C(O)C2O)C(O)C1O)C(O)CCCCCCCCCCCCCCCCCCCCCCCCC. The zero-order valence-electron chi connectivity index (χ0n) is 59.5. The molecule has 3 aliphatic rings. The molecule has 0 aromatic carbocycles. The number of aliphatic hydroxyl groups excluding tert-OH is 11. The largest absolute Gasteiger partial charge is 0.394 e. The van der Waals surface area contributed by atoms with Gasteiger partial charge in [0.2, 0.25) is 5.91 Å². The van der Waals surface area contributed by atoms with Gasteiger partial charge in [-0.15, -0.1) is 0 Å². The minimum Gasteiger partial charge on any atom is -0.394 e. The number of carbonyl (C=O) groups excluding carboxylic acids is 1. The first-order chi connectivity index (χ1) is 45.8. The topological polar surface area (TPSA) is 307 Å². The Balaban J connectivity index is 1.38. The third-order valence-electron chi connectivity index (χ3n) is 20.2. The standard InChI is InChI=1S/C75H145NO18/c1-3-5-7-9-11-13-15-17-19-21-23-25-27-28-29-31-33-35-37-39-41-43-45-47-49-51-53-63(81)76-58(59(80)52-50-48-46-44-42-40-38-36-34-32-30-26-24-22-20-18-16-14-12-10-8-6-4-2)57-89-73-69(87)66(84)71(61(55-78)91-73)94-75-70(88)67(85)72(62(56-79)92-75)93-74-68(86)65(83)64(82)60(54-77)90-74/h58-62,64-75,77-80,82-88H,3-57H2,1-2H3,(H,76,81). The Morgan fingerprint density at radius 2 is 0.606 bits per heavy atom. The van der Waals surface area contributed by atoms with Gasteiger partial charge in [-0.05, 0) is 12.8 Å². The summed E-state index contributed by atoms with van der Waals surface area (Å²) in [5, 5.41) is 121. The second-order valence-corrected chi connectivity index (χ2v) is 28.5. The molecule has 19 heteroatoms. The molecule has 19 nitrogen and oxygen atoms in total. The van der Waals surface area contributed by atoms with Gasteiger partial charge in [0.25, 0.3) is 0 Å². The van der Waals surface area contributed by atoms with Crippen molar-refractivity contribution in [2.75, 3.05) is 26.4 Å². The van der Waals surface area contributed by atoms with Gasteiger partial charge >= 0.3 is 0 Å². The zero-order chi connectivity index (χ0) is 68.2. The van der Waals surface area contributed by atoms with Crippen molar-refractivity contribution in [3.8, 4) is 0 Å². The maximum atomic E-state index is 13.5. The first kappa shape index (κ1) is 87.0. The molecule has 0 aromatic heterocycles. The fourth-order valence-corrected chi connectivity index (χ4v) is 13.8. The van der Waals surface area contributed by atoms with Crippen LogP contribution in [0, 0.1) is 0 Å². The summed E-state index contributed by atoms with van der Waals surface area (Å²) in [6, 6.07) is -0.883. The van der Waals surface area contributed by atoms with Crippen molar-refractivity contribution < 1.29 is 89.4 Å². The van der Waals surface area contributed by atoms with Crippen LogP contribution in [0.25, 0.3) is 0 Å². The number of hydrogen-bond donors (Lipinski definition) is 12. The monoisotopic (exact) mass is 1350 g/mol. The number of hydrogen-bond acceptors (Lipinski definition) is 18. The summed E-state index contributed by atoms with van der Waals surface area (Å²) in [5.74, 6) is -0.233. The number of carbonyl (C=O) groups is 1. The number of rotatable bonds is 63. The molecule has 12 N–H and O–H groups in total. The molecule has 3 rings (SSSR count). The molecule has 1 amide bonds. The lowest BCUT2D eigenvalue weighted by atomic mass is 9.96. The van der Waals surface area contributed by atoms with Gasteiger partial charge in [-0.1, -0.05) is 322 Å². The number of amides is 1. The van der Waals surface area contributed by atoms with Gasteiger partial charge in [0.1, 0.15) is 73.2 Å². The van der Waals surface area contributed by atoms with Crippen molar-refractivity contribution in [2.45, 2.75) is 446 Å². The van der Waals surface area contributed by atoms with Crippen LogP contribution in [0.4, 0.5) is 0 Å². The average Bonchev–Trinajstić information content (AvgIpc) is 0.787. The summed E-state index contributed by atoms with van der Waals surface area (Å²) < 4.78 is 34.5. The third-order valence-corrected chi connectivity index (χ3v) is 20.2. The van der Waals surface area contributed by atoms with E-state index < -0.39 is 124 Å². The minimum absolute atomic E-state index is 0.233. The molecule has 17 unspecified atom stereocenters. The summed E-state index contributed by atoms with van der Waals surface area (Å²) in [6.45, 7) is 1.87. The molecule has 17 atom stereocenters. The highest BCUT2D eigenvalue weighted by atomic mass is 16.8. The fraction of sp³-hybridized carbons (Fsp3) is 0.987. The van der Waals surface area contributed by atoms with Crippen molar-refractivity contribution in [1.29, 1.82) is 0 Å². The van der Waals surface area contributed by atoms with Crippen LogP contribution in [0.15, 0.2) is 0 Å². The molecule has 3 fully saturated rings. The minimum atomic E-state index is -1.97. The van der Waals surface area contributed by atoms with Gasteiger partial charge in [-0.2, -0.15) is 0 Å². The van der Waals surface area contributed by atoms with E-state index in [9.17, 15) is 61.0 Å². The predicted octanol–water partition coefficient (Wildman–Crippen LogP) is 12.2. The van der Waals surface area contributed by atoms with Crippen molar-refractivity contribution in [3.05, 3.63) is 0 Å². The van der Waals surface area contributed by atoms with Gasteiger partial charge < -0.3 is 89.9 Å². The summed E-state index contributed by atoms with van der Waals surface area (Å²) >= 11 is 0. The third kappa shape index (κ3) is 38.0. The lowest BCUT2D eigenvalue weighted by molar-refractivity contribution is -0.379. The molecule has 0 aliphatic carbocycles. The van der Waals surface area contributed by atoms with Crippen LogP contribution in [0.3, 0.4) is 0 Å². The number of unbranched alkanes of at least 4 members (excludes halogenated alkanes) is 47. The van der Waals surface area contributed by atoms with E-state index in [4.69, 9.17) is 28.4 Å². The first-order valence-corrected chi connectivity index (χ1v) is 39.3. The lowest BCUT2D eigenvalue weighted by Gasteiger charge is -2.48. The van der Waals surface area contributed by atoms with E-state index in [-0.39, 0.29) is 18.9 Å². The molecular formula is C75H145NO18. The number of nitrogens with one attached hydrogen (secondary N) is 1. The van der Waals surface area contributed by atoms with Crippen LogP contribution in [0.1, 0.15) is 341 Å². The molecule has 0 bridgehead atoms. The van der Waals surface area contributed by atoms with E-state index in [1.54, 1.807) is 0 Å². The van der Waals surface area contributed by atoms with Crippen molar-refractivity contribution in [2.24, 2.45) is 0 Å². The number of ether oxygens (including phenoxy) is 6. The molecule has 94 heavy (non-hydrogen) atoms. The lowest BCUT2D eigenvalue weighted by Crippen LogP contribution is -2.66. The fourth-order valence-electron chi connectivity index (χ4n) is 13.8. The Labute approximate surface area is 570 Å². The predicted molar refractivity (Wildman–Crippen MR) is 370 cm³/mol. The Hall–Kier alpha value is -1.21. The Morgan fingerprint density at radius 3 is 0.926 bits per heavy atom. The highest BCUT2D eigenvalue weighted by Crippen LogP contribution is 2.33. The molecule has 0 saturated carbocycles. The average molecular weight is 1350 g/mol. The van der Waals surface area contributed by atoms with E-state index in [0.717, 1.165) is 44.9 Å². The van der Waals surface area contributed by atoms with E-state index in [1.807, 2.05) is 0 Å². The van der Waals surface area contributed by atoms with Crippen molar-refractivity contribution >= 4 is 5.91 Å². The zero-order valence-corrected chi connectivity index (χ0v) is 59.5. The number of aliphatic hydroxyl groups is 11. The quantitative estimate of drug-likeness (QED) is 0.0252. The van der Waals surface area contributed by atoms with Gasteiger partial charge in [-0.3, -0.25) is 4.79 Å². The summed E-state index contributed by atoms with van der Waals surface area (Å²) in [7, 11) is 0. The second kappa shape index (κ2) is 57.4.